The van der Waals surface area contributed by atoms with Crippen LogP contribution in [-0.4, -0.2) is 10.5 Å². The number of nitrogens with one attached hydrogen (secondary N) is 1. The van der Waals surface area contributed by atoms with Crippen LogP contribution < -0.4 is 5.73 Å². The number of para-hydroxylation sites is 1. The first-order valence-electron chi connectivity index (χ1n) is 7.06. The van der Waals surface area contributed by atoms with E-state index in [9.17, 15) is 0 Å². The van der Waals surface area contributed by atoms with Crippen molar-refractivity contribution >= 4 is 10.9 Å². The van der Waals surface area contributed by atoms with Crippen LogP contribution in [0.1, 0.15) is 44.1 Å². The Morgan fingerprint density at radius 2 is 1.61 bits per heavy atom. The van der Waals surface area contributed by atoms with Gasteiger partial charge in [0, 0.05) is 22.6 Å². The summed E-state index contributed by atoms with van der Waals surface area (Å²) in [5, 5.41) is 1.42. The SMILES string of the molecule is NC12CCC(c3c[nH]c4ccccc34)(CC1)CC2. The average Bonchev–Trinajstić information content (AvgIpc) is 2.85. The number of benzene rings is 1. The van der Waals surface area contributed by atoms with Crippen LogP contribution in [0.25, 0.3) is 10.9 Å². The van der Waals surface area contributed by atoms with Crippen LogP contribution in [0, 0.1) is 0 Å². The lowest BCUT2D eigenvalue weighted by atomic mass is 9.55. The monoisotopic (exact) mass is 240 g/mol. The molecule has 1 heterocycles. The van der Waals surface area contributed by atoms with E-state index < -0.39 is 0 Å². The van der Waals surface area contributed by atoms with Crippen LogP contribution in [0.3, 0.4) is 0 Å². The molecule has 0 atom stereocenters. The molecule has 2 aromatic rings. The highest BCUT2D eigenvalue weighted by molar-refractivity contribution is 5.84. The lowest BCUT2D eigenvalue weighted by Crippen LogP contribution is -2.53. The van der Waals surface area contributed by atoms with E-state index in [1.54, 1.807) is 5.56 Å². The number of H-pyrrole nitrogens is 1. The van der Waals surface area contributed by atoms with E-state index in [2.05, 4.69) is 35.4 Å². The molecule has 0 spiro atoms. The van der Waals surface area contributed by atoms with Crippen molar-refractivity contribution in [1.82, 2.24) is 4.98 Å². The van der Waals surface area contributed by atoms with Gasteiger partial charge in [0.25, 0.3) is 0 Å². The molecule has 5 rings (SSSR count). The molecule has 0 radical (unpaired) electrons. The van der Waals surface area contributed by atoms with Crippen molar-refractivity contribution in [3.05, 3.63) is 36.0 Å². The van der Waals surface area contributed by atoms with Crippen molar-refractivity contribution in [3.63, 3.8) is 0 Å². The summed E-state index contributed by atoms with van der Waals surface area (Å²) in [6.07, 6.45) is 9.66. The first kappa shape index (κ1) is 10.6. The van der Waals surface area contributed by atoms with Crippen molar-refractivity contribution < 1.29 is 0 Å². The van der Waals surface area contributed by atoms with E-state index in [4.69, 9.17) is 5.73 Å². The number of aromatic nitrogens is 1. The third kappa shape index (κ3) is 1.33. The summed E-state index contributed by atoms with van der Waals surface area (Å²) in [4.78, 5) is 3.44. The maximum absolute atomic E-state index is 6.41. The van der Waals surface area contributed by atoms with Crippen LogP contribution in [-0.2, 0) is 5.41 Å². The van der Waals surface area contributed by atoms with Gasteiger partial charge in [-0.1, -0.05) is 18.2 Å². The highest BCUT2D eigenvalue weighted by Gasteiger charge is 2.48. The predicted octanol–water partition coefficient (Wildman–Crippen LogP) is 3.47. The van der Waals surface area contributed by atoms with Gasteiger partial charge >= 0.3 is 0 Å². The molecule has 3 saturated carbocycles. The average molecular weight is 240 g/mol. The van der Waals surface area contributed by atoms with Crippen LogP contribution in [0.2, 0.25) is 0 Å². The van der Waals surface area contributed by atoms with Gasteiger partial charge in [-0.25, -0.2) is 0 Å². The van der Waals surface area contributed by atoms with E-state index in [1.807, 2.05) is 0 Å². The molecule has 3 aliphatic carbocycles. The number of hydrogen-bond donors (Lipinski definition) is 2. The molecule has 1 aromatic heterocycles. The summed E-state index contributed by atoms with van der Waals surface area (Å²) >= 11 is 0. The van der Waals surface area contributed by atoms with E-state index in [0.29, 0.717) is 5.41 Å². The van der Waals surface area contributed by atoms with Gasteiger partial charge in [-0.05, 0) is 55.6 Å². The van der Waals surface area contributed by atoms with Gasteiger partial charge in [-0.2, -0.15) is 0 Å². The Bertz CT molecular complexity index is 571. The fourth-order valence-corrected chi connectivity index (χ4v) is 4.13. The smallest absolute Gasteiger partial charge is 0.0457 e. The topological polar surface area (TPSA) is 41.8 Å². The van der Waals surface area contributed by atoms with Gasteiger partial charge in [0.15, 0.2) is 0 Å². The number of rotatable bonds is 1. The second-order valence-electron chi connectivity index (χ2n) is 6.39. The Balaban J connectivity index is 1.83. The lowest BCUT2D eigenvalue weighted by Gasteiger charge is -2.52. The van der Waals surface area contributed by atoms with E-state index in [-0.39, 0.29) is 5.54 Å². The minimum absolute atomic E-state index is 0.161. The molecule has 3 aliphatic rings. The van der Waals surface area contributed by atoms with Gasteiger partial charge in [0.1, 0.15) is 0 Å². The van der Waals surface area contributed by atoms with Gasteiger partial charge < -0.3 is 10.7 Å². The Kier molecular flexibility index (Phi) is 2.00. The molecule has 0 saturated heterocycles. The molecule has 18 heavy (non-hydrogen) atoms. The second-order valence-corrected chi connectivity index (χ2v) is 6.39. The van der Waals surface area contributed by atoms with Crippen molar-refractivity contribution in [1.29, 1.82) is 0 Å². The lowest BCUT2D eigenvalue weighted by molar-refractivity contribution is 0.108. The van der Waals surface area contributed by atoms with Gasteiger partial charge in [0.05, 0.1) is 0 Å². The summed E-state index contributed by atoms with van der Waals surface area (Å²) < 4.78 is 0. The number of fused-ring (bicyclic) bond motifs is 4. The van der Waals surface area contributed by atoms with Gasteiger partial charge in [-0.15, -0.1) is 0 Å². The van der Waals surface area contributed by atoms with Crippen LogP contribution in [0.5, 0.6) is 0 Å². The normalized spacial score (nSPS) is 35.2. The molecule has 0 aliphatic heterocycles. The Morgan fingerprint density at radius 1 is 0.944 bits per heavy atom. The molecular formula is C16H20N2. The van der Waals surface area contributed by atoms with E-state index in [1.165, 1.54) is 49.4 Å². The zero-order valence-electron chi connectivity index (χ0n) is 10.7. The molecule has 3 fully saturated rings. The standard InChI is InChI=1S/C16H20N2/c17-16-8-5-15(6-9-16,7-10-16)13-11-18-14-4-2-1-3-12(13)14/h1-4,11,18H,5-10,17H2. The Labute approximate surface area is 108 Å². The maximum atomic E-state index is 6.41. The zero-order valence-corrected chi connectivity index (χ0v) is 10.7. The third-order valence-corrected chi connectivity index (χ3v) is 5.46. The predicted molar refractivity (Wildman–Crippen MR) is 74.6 cm³/mol. The van der Waals surface area contributed by atoms with E-state index >= 15 is 0 Å². The maximum Gasteiger partial charge on any atom is 0.0457 e. The minimum atomic E-state index is 0.161. The summed E-state index contributed by atoms with van der Waals surface area (Å²) in [7, 11) is 0. The Hall–Kier alpha value is -1.28. The van der Waals surface area contributed by atoms with Crippen LogP contribution in [0.4, 0.5) is 0 Å². The van der Waals surface area contributed by atoms with Crippen molar-refractivity contribution in [2.75, 3.05) is 0 Å². The van der Waals surface area contributed by atoms with Crippen molar-refractivity contribution in [2.24, 2.45) is 5.73 Å². The molecule has 2 nitrogen and oxygen atoms in total. The molecule has 0 unspecified atom stereocenters. The highest BCUT2D eigenvalue weighted by Crippen LogP contribution is 2.53. The van der Waals surface area contributed by atoms with Gasteiger partial charge in [0.2, 0.25) is 0 Å². The number of aromatic amines is 1. The first-order valence-corrected chi connectivity index (χ1v) is 7.06. The fraction of sp³-hybridized carbons (Fsp3) is 0.500. The van der Waals surface area contributed by atoms with Crippen LogP contribution in [0.15, 0.2) is 30.5 Å². The molecule has 3 N–H and O–H groups in total. The second kappa shape index (κ2) is 3.39. The summed E-state index contributed by atoms with van der Waals surface area (Å²) in [6, 6.07) is 8.69. The fourth-order valence-electron chi connectivity index (χ4n) is 4.13. The van der Waals surface area contributed by atoms with Crippen molar-refractivity contribution in [2.45, 2.75) is 49.5 Å². The number of nitrogens with two attached hydrogens (primary N) is 1. The quantitative estimate of drug-likeness (QED) is 0.787. The van der Waals surface area contributed by atoms with Crippen molar-refractivity contribution in [3.8, 4) is 0 Å². The third-order valence-electron chi connectivity index (χ3n) is 5.46. The summed E-state index contributed by atoms with van der Waals surface area (Å²) in [5.74, 6) is 0. The Morgan fingerprint density at radius 3 is 2.33 bits per heavy atom. The minimum Gasteiger partial charge on any atom is -0.361 e. The molecular weight excluding hydrogens is 220 g/mol. The summed E-state index contributed by atoms with van der Waals surface area (Å²) in [5.41, 5.74) is 9.79. The molecule has 1 aromatic carbocycles. The molecule has 2 heteroatoms. The van der Waals surface area contributed by atoms with E-state index in [0.717, 1.165) is 0 Å². The van der Waals surface area contributed by atoms with Crippen LogP contribution >= 0.6 is 0 Å². The molecule has 94 valence electrons. The molecule has 2 bridgehead atoms. The van der Waals surface area contributed by atoms with Gasteiger partial charge in [-0.3, -0.25) is 0 Å². The number of hydrogen-bond acceptors (Lipinski definition) is 1. The highest BCUT2D eigenvalue weighted by atomic mass is 14.8. The summed E-state index contributed by atoms with van der Waals surface area (Å²) in [6.45, 7) is 0. The zero-order chi connectivity index (χ0) is 12.2. The molecule has 0 amide bonds. The first-order chi connectivity index (χ1) is 8.71. The largest absolute Gasteiger partial charge is 0.361 e.